The zero-order chi connectivity index (χ0) is 14.2. The van der Waals surface area contributed by atoms with Crippen LogP contribution in [0.1, 0.15) is 90.9 Å². The standard InChI is InChI=1S/C17H36O2/c1-3-4-5-6-7-8-9-10-11-12-16-19-17(2)14-13-15-18/h17-18H,3-16H2,1-2H3. The molecule has 0 aliphatic heterocycles. The molecular formula is C17H36O2. The van der Waals surface area contributed by atoms with Crippen LogP contribution in [0.4, 0.5) is 0 Å². The third-order valence-electron chi connectivity index (χ3n) is 3.67. The summed E-state index contributed by atoms with van der Waals surface area (Å²) in [7, 11) is 0. The maximum Gasteiger partial charge on any atom is 0.0547 e. The summed E-state index contributed by atoms with van der Waals surface area (Å²) in [5.41, 5.74) is 0. The minimum Gasteiger partial charge on any atom is -0.396 e. The molecular weight excluding hydrogens is 236 g/mol. The van der Waals surface area contributed by atoms with Gasteiger partial charge in [0.15, 0.2) is 0 Å². The fourth-order valence-electron chi connectivity index (χ4n) is 2.34. The molecule has 0 bridgehead atoms. The molecule has 1 N–H and O–H groups in total. The molecule has 0 amide bonds. The maximum atomic E-state index is 8.72. The first-order chi connectivity index (χ1) is 9.31. The summed E-state index contributed by atoms with van der Waals surface area (Å²) < 4.78 is 5.70. The molecule has 2 nitrogen and oxygen atoms in total. The Morgan fingerprint density at radius 1 is 0.789 bits per heavy atom. The molecule has 116 valence electrons. The van der Waals surface area contributed by atoms with Crippen LogP contribution in [0.15, 0.2) is 0 Å². The van der Waals surface area contributed by atoms with Crippen molar-refractivity contribution in [2.24, 2.45) is 0 Å². The first-order valence-corrected chi connectivity index (χ1v) is 8.53. The second-order valence-electron chi connectivity index (χ2n) is 5.73. The topological polar surface area (TPSA) is 29.5 Å². The van der Waals surface area contributed by atoms with E-state index in [0.29, 0.717) is 6.10 Å². The highest BCUT2D eigenvalue weighted by atomic mass is 16.5. The monoisotopic (exact) mass is 272 g/mol. The van der Waals surface area contributed by atoms with Crippen molar-refractivity contribution in [2.45, 2.75) is 97.0 Å². The molecule has 1 atom stereocenters. The Labute approximate surface area is 120 Å². The quantitative estimate of drug-likeness (QED) is 0.421. The highest BCUT2D eigenvalue weighted by Gasteiger charge is 2.00. The van der Waals surface area contributed by atoms with E-state index in [0.717, 1.165) is 19.4 Å². The van der Waals surface area contributed by atoms with E-state index in [9.17, 15) is 0 Å². The molecule has 0 aliphatic rings. The molecule has 0 saturated heterocycles. The van der Waals surface area contributed by atoms with Crippen molar-refractivity contribution in [1.29, 1.82) is 0 Å². The van der Waals surface area contributed by atoms with E-state index in [-0.39, 0.29) is 6.61 Å². The van der Waals surface area contributed by atoms with E-state index in [1.165, 1.54) is 64.2 Å². The summed E-state index contributed by atoms with van der Waals surface area (Å²) in [6, 6.07) is 0. The molecule has 0 aliphatic carbocycles. The van der Waals surface area contributed by atoms with E-state index in [1.807, 2.05) is 0 Å². The van der Waals surface area contributed by atoms with Crippen LogP contribution in [-0.2, 0) is 4.74 Å². The Morgan fingerprint density at radius 2 is 1.32 bits per heavy atom. The van der Waals surface area contributed by atoms with Gasteiger partial charge in [0.25, 0.3) is 0 Å². The fraction of sp³-hybridized carbons (Fsp3) is 1.00. The number of unbranched alkanes of at least 4 members (excludes halogenated alkanes) is 9. The summed E-state index contributed by atoms with van der Waals surface area (Å²) in [6.45, 7) is 5.55. The zero-order valence-electron chi connectivity index (χ0n) is 13.3. The molecule has 1 unspecified atom stereocenters. The lowest BCUT2D eigenvalue weighted by Gasteiger charge is -2.12. The summed E-state index contributed by atoms with van der Waals surface area (Å²) in [5.74, 6) is 0. The minimum absolute atomic E-state index is 0.284. The van der Waals surface area contributed by atoms with Crippen LogP contribution >= 0.6 is 0 Å². The molecule has 0 rings (SSSR count). The first-order valence-electron chi connectivity index (χ1n) is 8.53. The van der Waals surface area contributed by atoms with E-state index in [1.54, 1.807) is 0 Å². The number of rotatable bonds is 15. The smallest absolute Gasteiger partial charge is 0.0547 e. The highest BCUT2D eigenvalue weighted by Crippen LogP contribution is 2.11. The van der Waals surface area contributed by atoms with E-state index in [2.05, 4.69) is 13.8 Å². The van der Waals surface area contributed by atoms with Gasteiger partial charge < -0.3 is 9.84 Å². The van der Waals surface area contributed by atoms with E-state index < -0.39 is 0 Å². The van der Waals surface area contributed by atoms with Crippen molar-refractivity contribution in [3.63, 3.8) is 0 Å². The van der Waals surface area contributed by atoms with Gasteiger partial charge in [0, 0.05) is 13.2 Å². The Morgan fingerprint density at radius 3 is 1.84 bits per heavy atom. The van der Waals surface area contributed by atoms with Crippen molar-refractivity contribution in [3.8, 4) is 0 Å². The largest absolute Gasteiger partial charge is 0.396 e. The van der Waals surface area contributed by atoms with Crippen molar-refractivity contribution >= 4 is 0 Å². The molecule has 0 aromatic heterocycles. The predicted octanol–water partition coefficient (Wildman–Crippen LogP) is 5.08. The van der Waals surface area contributed by atoms with Crippen LogP contribution in [0.3, 0.4) is 0 Å². The molecule has 19 heavy (non-hydrogen) atoms. The summed E-state index contributed by atoms with van der Waals surface area (Å²) in [4.78, 5) is 0. The zero-order valence-corrected chi connectivity index (χ0v) is 13.3. The Kier molecular flexibility index (Phi) is 15.9. The van der Waals surface area contributed by atoms with Crippen LogP contribution < -0.4 is 0 Å². The van der Waals surface area contributed by atoms with Crippen LogP contribution in [-0.4, -0.2) is 24.4 Å². The van der Waals surface area contributed by atoms with Gasteiger partial charge in [0.2, 0.25) is 0 Å². The predicted molar refractivity (Wildman–Crippen MR) is 83.6 cm³/mol. The number of aliphatic hydroxyl groups is 1. The lowest BCUT2D eigenvalue weighted by Crippen LogP contribution is -2.09. The van der Waals surface area contributed by atoms with Crippen LogP contribution in [0.2, 0.25) is 0 Å². The Bertz CT molecular complexity index is 159. The van der Waals surface area contributed by atoms with E-state index in [4.69, 9.17) is 9.84 Å². The van der Waals surface area contributed by atoms with Gasteiger partial charge in [-0.2, -0.15) is 0 Å². The average molecular weight is 272 g/mol. The van der Waals surface area contributed by atoms with Crippen LogP contribution in [0.25, 0.3) is 0 Å². The Balaban J connectivity index is 3.02. The van der Waals surface area contributed by atoms with Gasteiger partial charge in [-0.3, -0.25) is 0 Å². The molecule has 0 radical (unpaired) electrons. The SMILES string of the molecule is CCCCCCCCCCCCOC(C)CCCO. The number of aliphatic hydroxyl groups excluding tert-OH is 1. The van der Waals surface area contributed by atoms with Crippen molar-refractivity contribution in [1.82, 2.24) is 0 Å². The van der Waals surface area contributed by atoms with Gasteiger partial charge in [-0.15, -0.1) is 0 Å². The fourth-order valence-corrected chi connectivity index (χ4v) is 2.34. The molecule has 0 heterocycles. The highest BCUT2D eigenvalue weighted by molar-refractivity contribution is 4.51. The molecule has 0 saturated carbocycles. The van der Waals surface area contributed by atoms with Crippen molar-refractivity contribution in [2.75, 3.05) is 13.2 Å². The molecule has 0 aromatic carbocycles. The summed E-state index contributed by atoms with van der Waals surface area (Å²) in [6.07, 6.45) is 15.9. The molecule has 0 spiro atoms. The first kappa shape index (κ1) is 18.9. The second kappa shape index (κ2) is 16.0. The van der Waals surface area contributed by atoms with Crippen LogP contribution in [0, 0.1) is 0 Å². The number of hydrogen-bond acceptors (Lipinski definition) is 2. The summed E-state index contributed by atoms with van der Waals surface area (Å²) >= 11 is 0. The normalized spacial score (nSPS) is 12.8. The Hall–Kier alpha value is -0.0800. The maximum absolute atomic E-state index is 8.72. The second-order valence-corrected chi connectivity index (χ2v) is 5.73. The summed E-state index contributed by atoms with van der Waals surface area (Å²) in [5, 5.41) is 8.72. The third-order valence-corrected chi connectivity index (χ3v) is 3.67. The molecule has 0 aromatic rings. The number of ether oxygens (including phenoxy) is 1. The van der Waals surface area contributed by atoms with E-state index >= 15 is 0 Å². The minimum atomic E-state index is 0.284. The lowest BCUT2D eigenvalue weighted by atomic mass is 10.1. The van der Waals surface area contributed by atoms with Crippen molar-refractivity contribution < 1.29 is 9.84 Å². The van der Waals surface area contributed by atoms with Crippen LogP contribution in [0.5, 0.6) is 0 Å². The lowest BCUT2D eigenvalue weighted by molar-refractivity contribution is 0.0527. The van der Waals surface area contributed by atoms with Gasteiger partial charge >= 0.3 is 0 Å². The third kappa shape index (κ3) is 15.9. The van der Waals surface area contributed by atoms with Gasteiger partial charge in [0.1, 0.15) is 0 Å². The van der Waals surface area contributed by atoms with Gasteiger partial charge in [-0.25, -0.2) is 0 Å². The van der Waals surface area contributed by atoms with Gasteiger partial charge in [0.05, 0.1) is 6.10 Å². The molecule has 2 heteroatoms. The number of hydrogen-bond donors (Lipinski definition) is 1. The van der Waals surface area contributed by atoms with Gasteiger partial charge in [-0.1, -0.05) is 64.7 Å². The van der Waals surface area contributed by atoms with Gasteiger partial charge in [-0.05, 0) is 26.2 Å². The average Bonchev–Trinajstić information content (AvgIpc) is 2.42. The molecule has 0 fully saturated rings. The van der Waals surface area contributed by atoms with Crippen molar-refractivity contribution in [3.05, 3.63) is 0 Å².